The number of para-hydroxylation sites is 1. The number of hydrogen-bond donors (Lipinski definition) is 3. The molecule has 0 bridgehead atoms. The molecule has 1 aliphatic rings. The van der Waals surface area contributed by atoms with E-state index in [4.69, 9.17) is 4.74 Å². The van der Waals surface area contributed by atoms with Crippen molar-refractivity contribution in [2.24, 2.45) is 0 Å². The number of likely N-dealkylation sites (tertiary alicyclic amines) is 1. The number of piperidine rings is 1. The monoisotopic (exact) mass is 531 g/mol. The molecule has 4 aromatic rings. The molecule has 1 saturated heterocycles. The van der Waals surface area contributed by atoms with Crippen LogP contribution in [-0.2, 0) is 12.1 Å². The van der Waals surface area contributed by atoms with Crippen LogP contribution in [0.2, 0.25) is 0 Å². The van der Waals surface area contributed by atoms with Gasteiger partial charge in [-0.15, -0.1) is 11.3 Å². The molecule has 1 aliphatic heterocycles. The Hall–Kier alpha value is -3.69. The van der Waals surface area contributed by atoms with E-state index in [0.717, 1.165) is 30.0 Å². The Morgan fingerprint density at radius 1 is 1.05 bits per heavy atom. The van der Waals surface area contributed by atoms with Gasteiger partial charge < -0.3 is 15.4 Å². The van der Waals surface area contributed by atoms with Crippen molar-refractivity contribution in [1.29, 1.82) is 0 Å². The van der Waals surface area contributed by atoms with Crippen LogP contribution in [-0.4, -0.2) is 47.1 Å². The molecule has 3 heterocycles. The number of hydrogen-bond acceptors (Lipinski definition) is 6. The summed E-state index contributed by atoms with van der Waals surface area (Å²) in [5.41, 5.74) is 2.00. The number of H-pyrrole nitrogens is 1. The smallest absolute Gasteiger partial charge is 0.262 e. The fourth-order valence-corrected chi connectivity index (χ4v) is 5.81. The number of carbonyl (C=O) groups excluding carboxylic acids is 2. The third-order valence-electron chi connectivity index (χ3n) is 6.99. The maximum absolute atomic E-state index is 13.2. The van der Waals surface area contributed by atoms with Gasteiger partial charge in [-0.2, -0.15) is 5.10 Å². The molecule has 2 aromatic heterocycles. The van der Waals surface area contributed by atoms with Gasteiger partial charge in [0, 0.05) is 17.7 Å². The van der Waals surface area contributed by atoms with Crippen molar-refractivity contribution in [2.75, 3.05) is 25.5 Å². The third kappa shape index (κ3) is 5.58. The molecule has 0 unspecified atom stereocenters. The maximum Gasteiger partial charge on any atom is 0.262 e. The van der Waals surface area contributed by atoms with Crippen LogP contribution >= 0.6 is 11.3 Å². The highest BCUT2D eigenvalue weighted by atomic mass is 32.1. The number of rotatable bonds is 8. The first-order chi connectivity index (χ1) is 18.3. The van der Waals surface area contributed by atoms with E-state index < -0.39 is 5.54 Å². The zero-order valence-corrected chi connectivity index (χ0v) is 22.8. The first kappa shape index (κ1) is 25.9. The van der Waals surface area contributed by atoms with Gasteiger partial charge in [-0.05, 0) is 69.6 Å². The summed E-state index contributed by atoms with van der Waals surface area (Å²) in [6, 6.07) is 17.1. The summed E-state index contributed by atoms with van der Waals surface area (Å²) in [5, 5.41) is 13.9. The predicted molar refractivity (Wildman–Crippen MR) is 151 cm³/mol. The van der Waals surface area contributed by atoms with Gasteiger partial charge in [0.25, 0.3) is 11.8 Å². The summed E-state index contributed by atoms with van der Waals surface area (Å²) in [7, 11) is 1.62. The fourth-order valence-electron chi connectivity index (χ4n) is 4.91. The molecule has 8 nitrogen and oxygen atoms in total. The number of benzene rings is 2. The molecule has 0 atom stereocenters. The normalized spacial score (nSPS) is 14.4. The average molecular weight is 532 g/mol. The first-order valence-electron chi connectivity index (χ1n) is 12.9. The van der Waals surface area contributed by atoms with Crippen LogP contribution in [0.25, 0.3) is 10.2 Å². The first-order valence-corrected chi connectivity index (χ1v) is 13.7. The highest BCUT2D eigenvalue weighted by molar-refractivity contribution is 7.20. The van der Waals surface area contributed by atoms with Crippen molar-refractivity contribution in [3.63, 3.8) is 0 Å². The Morgan fingerprint density at radius 2 is 1.79 bits per heavy atom. The maximum atomic E-state index is 13.2. The number of ether oxygens (including phenoxy) is 1. The van der Waals surface area contributed by atoms with Crippen LogP contribution in [0.3, 0.4) is 0 Å². The molecule has 5 rings (SSSR count). The van der Waals surface area contributed by atoms with Crippen LogP contribution < -0.4 is 15.4 Å². The highest BCUT2D eigenvalue weighted by Gasteiger charge is 2.28. The van der Waals surface area contributed by atoms with E-state index in [9.17, 15) is 9.59 Å². The van der Waals surface area contributed by atoms with Crippen molar-refractivity contribution >= 4 is 39.2 Å². The average Bonchev–Trinajstić information content (AvgIpc) is 3.51. The molecular formula is C29H33N5O3S. The minimum absolute atomic E-state index is 0.211. The van der Waals surface area contributed by atoms with Crippen LogP contribution in [0.4, 0.5) is 5.82 Å². The summed E-state index contributed by atoms with van der Waals surface area (Å²) in [5.74, 6) is 0.668. The van der Waals surface area contributed by atoms with Gasteiger partial charge in [0.15, 0.2) is 5.82 Å². The number of nitrogens with one attached hydrogen (secondary N) is 3. The van der Waals surface area contributed by atoms with E-state index in [1.807, 2.05) is 62.4 Å². The zero-order chi connectivity index (χ0) is 26.7. The fraction of sp³-hybridized carbons (Fsp3) is 0.345. The lowest BCUT2D eigenvalue weighted by atomic mass is 9.93. The molecule has 0 saturated carbocycles. The van der Waals surface area contributed by atoms with E-state index in [1.54, 1.807) is 13.2 Å². The largest absolute Gasteiger partial charge is 0.496 e. The number of aromatic nitrogens is 2. The second-order valence-electron chi connectivity index (χ2n) is 10.2. The summed E-state index contributed by atoms with van der Waals surface area (Å²) in [4.78, 5) is 29.8. The number of anilines is 1. The number of thiophene rings is 1. The van der Waals surface area contributed by atoms with E-state index in [1.165, 1.54) is 36.2 Å². The minimum Gasteiger partial charge on any atom is -0.496 e. The summed E-state index contributed by atoms with van der Waals surface area (Å²) < 4.78 is 5.48. The Labute approximate surface area is 226 Å². The van der Waals surface area contributed by atoms with Crippen LogP contribution in [0.1, 0.15) is 64.3 Å². The number of aromatic amines is 1. The van der Waals surface area contributed by atoms with E-state index in [2.05, 4.69) is 25.7 Å². The number of amides is 2. The summed E-state index contributed by atoms with van der Waals surface area (Å²) in [6.07, 6.45) is 3.82. The van der Waals surface area contributed by atoms with Crippen molar-refractivity contribution in [3.8, 4) is 5.75 Å². The Kier molecular flexibility index (Phi) is 7.49. The van der Waals surface area contributed by atoms with Gasteiger partial charge in [-0.25, -0.2) is 0 Å². The van der Waals surface area contributed by atoms with Crippen molar-refractivity contribution < 1.29 is 14.3 Å². The molecule has 0 spiro atoms. The molecule has 2 amide bonds. The topological polar surface area (TPSA) is 99.3 Å². The van der Waals surface area contributed by atoms with E-state index in [-0.39, 0.29) is 11.8 Å². The Morgan fingerprint density at radius 3 is 2.53 bits per heavy atom. The van der Waals surface area contributed by atoms with Crippen molar-refractivity contribution in [1.82, 2.24) is 20.4 Å². The Bertz CT molecular complexity index is 1430. The highest BCUT2D eigenvalue weighted by Crippen LogP contribution is 2.32. The van der Waals surface area contributed by atoms with E-state index in [0.29, 0.717) is 27.4 Å². The van der Waals surface area contributed by atoms with Gasteiger partial charge in [-0.3, -0.25) is 19.6 Å². The van der Waals surface area contributed by atoms with Crippen LogP contribution in [0.5, 0.6) is 5.75 Å². The van der Waals surface area contributed by atoms with E-state index >= 15 is 0 Å². The molecule has 9 heteroatoms. The SMILES string of the molecule is COc1ccccc1C(C)(C)NC(=O)c1cc2c(NC(=O)c3ccc(CN4CCCCC4)cc3)n[nH]c2s1. The molecule has 0 aliphatic carbocycles. The standard InChI is InChI=1S/C29H33N5O3S/c1-29(2,22-9-5-6-10-23(22)37-3)31-27(36)24-17-21-25(32-33-28(21)38-24)30-26(35)20-13-11-19(12-14-20)18-34-15-7-4-8-16-34/h5-6,9-14,17H,4,7-8,15-16,18H2,1-3H3,(H,31,36)(H2,30,32,33,35). The summed E-state index contributed by atoms with van der Waals surface area (Å²) in [6.45, 7) is 7.06. The second-order valence-corrected chi connectivity index (χ2v) is 11.2. The molecule has 38 heavy (non-hydrogen) atoms. The minimum atomic E-state index is -0.656. The number of nitrogens with zero attached hydrogens (tertiary/aromatic N) is 2. The lowest BCUT2D eigenvalue weighted by Gasteiger charge is -2.28. The number of carbonyl (C=O) groups is 2. The van der Waals surface area contributed by atoms with Gasteiger partial charge >= 0.3 is 0 Å². The lowest BCUT2D eigenvalue weighted by Crippen LogP contribution is -2.40. The molecule has 0 radical (unpaired) electrons. The summed E-state index contributed by atoms with van der Waals surface area (Å²) >= 11 is 1.30. The van der Waals surface area contributed by atoms with Crippen LogP contribution in [0.15, 0.2) is 54.6 Å². The van der Waals surface area contributed by atoms with Crippen molar-refractivity contribution in [2.45, 2.75) is 45.2 Å². The number of fused-ring (bicyclic) bond motifs is 1. The van der Waals surface area contributed by atoms with Gasteiger partial charge in [-0.1, -0.05) is 36.8 Å². The molecule has 3 N–H and O–H groups in total. The van der Waals surface area contributed by atoms with Gasteiger partial charge in [0.05, 0.1) is 22.9 Å². The van der Waals surface area contributed by atoms with Crippen LogP contribution in [0, 0.1) is 0 Å². The van der Waals surface area contributed by atoms with Crippen molar-refractivity contribution in [3.05, 3.63) is 76.2 Å². The number of methoxy groups -OCH3 is 1. The quantitative estimate of drug-likeness (QED) is 0.277. The van der Waals surface area contributed by atoms with Gasteiger partial charge in [0.1, 0.15) is 10.6 Å². The second kappa shape index (κ2) is 11.0. The molecule has 2 aromatic carbocycles. The molecular weight excluding hydrogens is 498 g/mol. The molecule has 198 valence electrons. The molecule has 1 fully saturated rings. The van der Waals surface area contributed by atoms with Gasteiger partial charge in [0.2, 0.25) is 0 Å². The third-order valence-corrected chi connectivity index (χ3v) is 8.03. The zero-order valence-electron chi connectivity index (χ0n) is 22.0. The Balaban J connectivity index is 1.26. The predicted octanol–water partition coefficient (Wildman–Crippen LogP) is 5.54. The lowest BCUT2D eigenvalue weighted by molar-refractivity contribution is 0.0914.